The molecule has 2 aromatic carbocycles. The molecule has 0 bridgehead atoms. The second-order valence-electron chi connectivity index (χ2n) is 8.04. The van der Waals surface area contributed by atoms with Crippen LogP contribution >= 0.6 is 0 Å². The van der Waals surface area contributed by atoms with E-state index in [0.717, 1.165) is 11.1 Å². The van der Waals surface area contributed by atoms with Crippen LogP contribution in [0.5, 0.6) is 5.75 Å². The van der Waals surface area contributed by atoms with Gasteiger partial charge in [-0.25, -0.2) is 12.7 Å². The first kappa shape index (κ1) is 19.4. The Morgan fingerprint density at radius 3 is 2.69 bits per heavy atom. The van der Waals surface area contributed by atoms with Crippen molar-refractivity contribution in [2.24, 2.45) is 0 Å². The SMILES string of the molecule is Cc1ccc2c(c1)OC(C)(C)C[C@@H]2NC(=O)CN1C(=O)c2ccccc2S1(=O)=O. The van der Waals surface area contributed by atoms with Gasteiger partial charge in [-0.15, -0.1) is 0 Å². The summed E-state index contributed by atoms with van der Waals surface area (Å²) in [5, 5.41) is 2.88. The van der Waals surface area contributed by atoms with E-state index in [4.69, 9.17) is 4.74 Å². The van der Waals surface area contributed by atoms with Gasteiger partial charge in [0, 0.05) is 12.0 Å². The average molecular weight is 414 g/mol. The number of aryl methyl sites for hydroxylation is 1. The minimum absolute atomic E-state index is 0.0641. The number of carbonyl (C=O) groups is 2. The predicted molar refractivity (Wildman–Crippen MR) is 106 cm³/mol. The highest BCUT2D eigenvalue weighted by atomic mass is 32.2. The van der Waals surface area contributed by atoms with E-state index >= 15 is 0 Å². The Kier molecular flexibility index (Phi) is 4.42. The van der Waals surface area contributed by atoms with E-state index in [2.05, 4.69) is 5.32 Å². The molecule has 0 unspecified atom stereocenters. The normalized spacial score (nSPS) is 21.1. The Morgan fingerprint density at radius 1 is 1.24 bits per heavy atom. The molecule has 2 aliphatic rings. The molecule has 8 heteroatoms. The Labute approximate surface area is 169 Å². The quantitative estimate of drug-likeness (QED) is 0.833. The van der Waals surface area contributed by atoms with Crippen molar-refractivity contribution in [2.75, 3.05) is 6.54 Å². The van der Waals surface area contributed by atoms with Gasteiger partial charge in [0.1, 0.15) is 22.8 Å². The summed E-state index contributed by atoms with van der Waals surface area (Å²) in [5.74, 6) is -0.521. The summed E-state index contributed by atoms with van der Waals surface area (Å²) in [4.78, 5) is 25.2. The fourth-order valence-corrected chi connectivity index (χ4v) is 5.37. The number of nitrogens with one attached hydrogen (secondary N) is 1. The highest BCUT2D eigenvalue weighted by Gasteiger charge is 2.42. The van der Waals surface area contributed by atoms with E-state index in [0.29, 0.717) is 16.5 Å². The fourth-order valence-electron chi connectivity index (χ4n) is 3.85. The zero-order chi connectivity index (χ0) is 21.0. The lowest BCUT2D eigenvalue weighted by Gasteiger charge is -2.38. The maximum Gasteiger partial charge on any atom is 0.269 e. The van der Waals surface area contributed by atoms with Gasteiger partial charge in [0.25, 0.3) is 15.9 Å². The Morgan fingerprint density at radius 2 is 1.97 bits per heavy atom. The molecular formula is C21H22N2O5S. The van der Waals surface area contributed by atoms with Gasteiger partial charge in [-0.1, -0.05) is 24.3 Å². The summed E-state index contributed by atoms with van der Waals surface area (Å²) in [6.45, 7) is 5.26. The third kappa shape index (κ3) is 3.37. The maximum absolute atomic E-state index is 12.7. The lowest BCUT2D eigenvalue weighted by atomic mass is 9.89. The summed E-state index contributed by atoms with van der Waals surface area (Å²) in [6.07, 6.45) is 0.524. The smallest absolute Gasteiger partial charge is 0.269 e. The van der Waals surface area contributed by atoms with Crippen molar-refractivity contribution in [1.82, 2.24) is 9.62 Å². The number of ether oxygens (including phenoxy) is 1. The highest BCUT2D eigenvalue weighted by Crippen LogP contribution is 2.40. The Hall–Kier alpha value is -2.87. The molecule has 0 saturated carbocycles. The molecule has 7 nitrogen and oxygen atoms in total. The van der Waals surface area contributed by atoms with Crippen molar-refractivity contribution in [2.45, 2.75) is 43.7 Å². The molecule has 0 aliphatic carbocycles. The van der Waals surface area contributed by atoms with Crippen molar-refractivity contribution in [1.29, 1.82) is 0 Å². The summed E-state index contributed by atoms with van der Waals surface area (Å²) >= 11 is 0. The molecule has 0 fully saturated rings. The lowest BCUT2D eigenvalue weighted by molar-refractivity contribution is -0.122. The van der Waals surface area contributed by atoms with E-state index in [1.807, 2.05) is 39.0 Å². The van der Waals surface area contributed by atoms with Crippen LogP contribution in [0, 0.1) is 6.92 Å². The van der Waals surface area contributed by atoms with E-state index in [1.165, 1.54) is 12.1 Å². The van der Waals surface area contributed by atoms with Crippen molar-refractivity contribution < 1.29 is 22.7 Å². The first-order valence-corrected chi connectivity index (χ1v) is 10.8. The second-order valence-corrected chi connectivity index (χ2v) is 9.87. The molecule has 29 heavy (non-hydrogen) atoms. The number of amides is 2. The van der Waals surface area contributed by atoms with Crippen LogP contribution in [0.25, 0.3) is 0 Å². The van der Waals surface area contributed by atoms with Gasteiger partial charge in [0.05, 0.1) is 11.6 Å². The van der Waals surface area contributed by atoms with Crippen LogP contribution in [-0.2, 0) is 14.8 Å². The van der Waals surface area contributed by atoms with E-state index in [1.54, 1.807) is 12.1 Å². The predicted octanol–water partition coefficient (Wildman–Crippen LogP) is 2.56. The first-order valence-electron chi connectivity index (χ1n) is 9.33. The molecule has 2 heterocycles. The van der Waals surface area contributed by atoms with E-state index in [9.17, 15) is 18.0 Å². The zero-order valence-corrected chi connectivity index (χ0v) is 17.2. The van der Waals surface area contributed by atoms with Crippen molar-refractivity contribution in [3.63, 3.8) is 0 Å². The molecule has 2 aromatic rings. The van der Waals surface area contributed by atoms with Crippen LogP contribution in [0.2, 0.25) is 0 Å². The Balaban J connectivity index is 1.56. The van der Waals surface area contributed by atoms with E-state index < -0.39 is 34.0 Å². The van der Waals surface area contributed by atoms with Gasteiger partial charge in [-0.2, -0.15) is 0 Å². The first-order chi connectivity index (χ1) is 13.6. The number of nitrogens with zero attached hydrogens (tertiary/aromatic N) is 1. The minimum Gasteiger partial charge on any atom is -0.487 e. The number of benzene rings is 2. The van der Waals surface area contributed by atoms with Gasteiger partial charge < -0.3 is 10.1 Å². The number of rotatable bonds is 3. The summed E-state index contributed by atoms with van der Waals surface area (Å²) < 4.78 is 32.0. The summed E-state index contributed by atoms with van der Waals surface area (Å²) in [6, 6.07) is 11.4. The fraction of sp³-hybridized carbons (Fsp3) is 0.333. The monoisotopic (exact) mass is 414 g/mol. The van der Waals surface area contributed by atoms with Gasteiger partial charge in [-0.3, -0.25) is 9.59 Å². The third-order valence-electron chi connectivity index (χ3n) is 5.16. The molecule has 2 amide bonds. The number of sulfonamides is 1. The van der Waals surface area contributed by atoms with Crippen LogP contribution in [0.15, 0.2) is 47.4 Å². The average Bonchev–Trinajstić information content (AvgIpc) is 2.81. The van der Waals surface area contributed by atoms with Gasteiger partial charge in [-0.05, 0) is 44.5 Å². The largest absolute Gasteiger partial charge is 0.487 e. The summed E-state index contributed by atoms with van der Waals surface area (Å²) in [5.41, 5.74) is 1.47. The van der Waals surface area contributed by atoms with Gasteiger partial charge >= 0.3 is 0 Å². The molecule has 0 saturated heterocycles. The van der Waals surface area contributed by atoms with Crippen molar-refractivity contribution in [3.8, 4) is 5.75 Å². The maximum atomic E-state index is 12.7. The van der Waals surface area contributed by atoms with E-state index in [-0.39, 0.29) is 16.5 Å². The van der Waals surface area contributed by atoms with Crippen LogP contribution in [0.4, 0.5) is 0 Å². The number of fused-ring (bicyclic) bond motifs is 2. The van der Waals surface area contributed by atoms with Gasteiger partial charge in [0.2, 0.25) is 5.91 Å². The van der Waals surface area contributed by atoms with Gasteiger partial charge in [0.15, 0.2) is 0 Å². The molecule has 0 radical (unpaired) electrons. The van der Waals surface area contributed by atoms with Crippen molar-refractivity contribution >= 4 is 21.8 Å². The topological polar surface area (TPSA) is 92.8 Å². The molecule has 4 rings (SSSR count). The van der Waals surface area contributed by atoms with Crippen LogP contribution in [0.1, 0.15) is 47.8 Å². The standard InChI is InChI=1S/C21H22N2O5S/c1-13-8-9-14-16(11-21(2,3)28-17(14)10-13)22-19(24)12-23-20(25)15-6-4-5-7-18(15)29(23,26)27/h4-10,16H,11-12H2,1-3H3,(H,22,24)/t16-/m0/s1. The van der Waals surface area contributed by atoms with Crippen molar-refractivity contribution in [3.05, 3.63) is 59.2 Å². The molecule has 1 atom stereocenters. The van der Waals surface area contributed by atoms with Crippen LogP contribution < -0.4 is 10.1 Å². The summed E-state index contributed by atoms with van der Waals surface area (Å²) in [7, 11) is -4.02. The molecule has 152 valence electrons. The highest BCUT2D eigenvalue weighted by molar-refractivity contribution is 7.90. The molecule has 0 spiro atoms. The number of carbonyl (C=O) groups excluding carboxylic acids is 2. The minimum atomic E-state index is -4.02. The molecule has 0 aromatic heterocycles. The molecule has 1 N–H and O–H groups in total. The molecule has 2 aliphatic heterocycles. The second kappa shape index (κ2) is 6.59. The molecular weight excluding hydrogens is 392 g/mol. The zero-order valence-electron chi connectivity index (χ0n) is 16.4. The lowest BCUT2D eigenvalue weighted by Crippen LogP contribution is -2.45. The van der Waals surface area contributed by atoms with Crippen LogP contribution in [0.3, 0.4) is 0 Å². The third-order valence-corrected chi connectivity index (χ3v) is 6.95. The number of hydrogen-bond acceptors (Lipinski definition) is 5. The Bertz CT molecular complexity index is 1120. The van der Waals surface area contributed by atoms with Crippen LogP contribution in [-0.4, -0.2) is 36.7 Å². The number of hydrogen-bond donors (Lipinski definition) is 1.